The Balaban J connectivity index is 0.00000240. The summed E-state index contributed by atoms with van der Waals surface area (Å²) >= 11 is 0. The molecule has 0 bridgehead atoms. The summed E-state index contributed by atoms with van der Waals surface area (Å²) in [6.45, 7) is 1.44. The van der Waals surface area contributed by atoms with Crippen LogP contribution in [0, 0.1) is 0 Å². The fourth-order valence-corrected chi connectivity index (χ4v) is 5.36. The molecule has 0 aliphatic carbocycles. The van der Waals surface area contributed by atoms with Crippen molar-refractivity contribution in [3.8, 4) is 17.1 Å². The number of aromatic nitrogens is 1. The Kier molecular flexibility index (Phi) is 6.59. The van der Waals surface area contributed by atoms with Gasteiger partial charge in [-0.15, -0.1) is 12.4 Å². The predicted octanol–water partition coefficient (Wildman–Crippen LogP) is 3.11. The number of rotatable bonds is 5. The van der Waals surface area contributed by atoms with Gasteiger partial charge in [-0.3, -0.25) is 0 Å². The third kappa shape index (κ3) is 4.02. The molecule has 1 aliphatic rings. The van der Waals surface area contributed by atoms with Crippen LogP contribution in [0.25, 0.3) is 11.3 Å². The van der Waals surface area contributed by atoms with Crippen molar-refractivity contribution >= 4 is 22.4 Å². The zero-order valence-electron chi connectivity index (χ0n) is 15.8. The van der Waals surface area contributed by atoms with Crippen LogP contribution in [0.1, 0.15) is 11.6 Å². The molecule has 1 saturated heterocycles. The summed E-state index contributed by atoms with van der Waals surface area (Å²) in [6, 6.07) is 15.6. The molecule has 3 aromatic rings. The van der Waals surface area contributed by atoms with Crippen LogP contribution in [0.5, 0.6) is 5.75 Å². The maximum atomic E-state index is 13.7. The van der Waals surface area contributed by atoms with E-state index >= 15 is 0 Å². The second kappa shape index (κ2) is 8.96. The summed E-state index contributed by atoms with van der Waals surface area (Å²) in [5.74, 6) is 1.09. The molecule has 2 aromatic carbocycles. The monoisotopic (exact) mass is 435 g/mol. The molecule has 0 amide bonds. The summed E-state index contributed by atoms with van der Waals surface area (Å²) in [5, 5.41) is 7.00. The van der Waals surface area contributed by atoms with Gasteiger partial charge in [0.25, 0.3) is 0 Å². The van der Waals surface area contributed by atoms with Gasteiger partial charge in [0.2, 0.25) is 10.0 Å². The number of methoxy groups -OCH3 is 1. The molecule has 1 N–H and O–H groups in total. The van der Waals surface area contributed by atoms with Gasteiger partial charge in [0.15, 0.2) is 5.76 Å². The van der Waals surface area contributed by atoms with Crippen LogP contribution in [0.2, 0.25) is 0 Å². The van der Waals surface area contributed by atoms with Crippen molar-refractivity contribution in [1.82, 2.24) is 14.8 Å². The molecule has 1 aromatic heterocycles. The molecule has 0 radical (unpaired) electrons. The molecule has 7 nitrogen and oxygen atoms in total. The largest absolute Gasteiger partial charge is 0.496 e. The van der Waals surface area contributed by atoms with Gasteiger partial charge in [0.05, 0.1) is 24.2 Å². The summed E-state index contributed by atoms with van der Waals surface area (Å²) in [6.07, 6.45) is 1.50. The topological polar surface area (TPSA) is 84.7 Å². The number of nitrogens with zero attached hydrogens (tertiary/aromatic N) is 2. The van der Waals surface area contributed by atoms with Crippen molar-refractivity contribution in [2.24, 2.45) is 0 Å². The minimum absolute atomic E-state index is 0. The lowest BCUT2D eigenvalue weighted by Crippen LogP contribution is -2.48. The molecule has 154 valence electrons. The van der Waals surface area contributed by atoms with Crippen molar-refractivity contribution in [2.45, 2.75) is 10.9 Å². The molecule has 9 heteroatoms. The summed E-state index contributed by atoms with van der Waals surface area (Å²) in [4.78, 5) is 0.202. The minimum Gasteiger partial charge on any atom is -0.496 e. The van der Waals surface area contributed by atoms with Gasteiger partial charge in [-0.05, 0) is 18.2 Å². The van der Waals surface area contributed by atoms with Crippen LogP contribution in [0.3, 0.4) is 0 Å². The van der Waals surface area contributed by atoms with Gasteiger partial charge >= 0.3 is 0 Å². The highest BCUT2D eigenvalue weighted by atomic mass is 35.5. The second-order valence-corrected chi connectivity index (χ2v) is 8.31. The maximum Gasteiger partial charge on any atom is 0.244 e. The number of para-hydroxylation sites is 1. The lowest BCUT2D eigenvalue weighted by Gasteiger charge is -2.36. The van der Waals surface area contributed by atoms with Crippen molar-refractivity contribution in [1.29, 1.82) is 0 Å². The number of hydrogen-bond acceptors (Lipinski definition) is 6. The Morgan fingerprint density at radius 2 is 1.90 bits per heavy atom. The highest BCUT2D eigenvalue weighted by Gasteiger charge is 2.37. The summed E-state index contributed by atoms with van der Waals surface area (Å²) < 4.78 is 39.6. The molecule has 2 heterocycles. The fraction of sp³-hybridized carbons (Fsp3) is 0.250. The van der Waals surface area contributed by atoms with Gasteiger partial charge in [0, 0.05) is 36.8 Å². The molecule has 4 rings (SSSR count). The van der Waals surface area contributed by atoms with E-state index in [4.69, 9.17) is 9.26 Å². The lowest BCUT2D eigenvalue weighted by molar-refractivity contribution is 0.264. The number of hydrogen-bond donors (Lipinski definition) is 1. The molecule has 1 unspecified atom stereocenters. The average molecular weight is 436 g/mol. The highest BCUT2D eigenvalue weighted by Crippen LogP contribution is 2.36. The Hall–Kier alpha value is -2.39. The Labute approximate surface area is 176 Å². The van der Waals surface area contributed by atoms with Gasteiger partial charge in [-0.2, -0.15) is 4.31 Å². The first-order valence-corrected chi connectivity index (χ1v) is 10.4. The van der Waals surface area contributed by atoms with E-state index in [0.717, 1.165) is 5.56 Å². The van der Waals surface area contributed by atoms with Crippen LogP contribution >= 0.6 is 12.4 Å². The lowest BCUT2D eigenvalue weighted by atomic mass is 10.0. The third-order valence-electron chi connectivity index (χ3n) is 4.87. The summed E-state index contributed by atoms with van der Waals surface area (Å²) in [7, 11) is -2.20. The highest BCUT2D eigenvalue weighted by molar-refractivity contribution is 7.89. The average Bonchev–Trinajstić information content (AvgIpc) is 3.28. The Morgan fingerprint density at radius 3 is 2.66 bits per heavy atom. The maximum absolute atomic E-state index is 13.7. The van der Waals surface area contributed by atoms with E-state index in [1.807, 2.05) is 24.3 Å². The van der Waals surface area contributed by atoms with E-state index in [1.165, 1.54) is 10.5 Å². The molecule has 1 aliphatic heterocycles. The van der Waals surface area contributed by atoms with E-state index in [9.17, 15) is 8.42 Å². The standard InChI is InChI=1S/C20H21N3O4S.ClH/c1-26-18-8-4-2-6-15(18)17-14-21-12-13-23(17)28(24,25)20-9-5-3-7-16(20)19-10-11-22-27-19;/h2-11,17,21H,12-14H2,1H3;1H. The molecule has 29 heavy (non-hydrogen) atoms. The van der Waals surface area contributed by atoms with Gasteiger partial charge in [0.1, 0.15) is 5.75 Å². The molecule has 1 atom stereocenters. The van der Waals surface area contributed by atoms with E-state index in [0.29, 0.717) is 36.7 Å². The molecular weight excluding hydrogens is 414 g/mol. The van der Waals surface area contributed by atoms with Gasteiger partial charge in [-0.1, -0.05) is 35.5 Å². The zero-order valence-corrected chi connectivity index (χ0v) is 17.4. The zero-order chi connectivity index (χ0) is 19.6. The normalized spacial score (nSPS) is 17.5. The fourth-order valence-electron chi connectivity index (χ4n) is 3.56. The second-order valence-electron chi connectivity index (χ2n) is 6.45. The number of ether oxygens (including phenoxy) is 1. The van der Waals surface area contributed by atoms with E-state index < -0.39 is 10.0 Å². The van der Waals surface area contributed by atoms with Crippen molar-refractivity contribution < 1.29 is 17.7 Å². The number of sulfonamides is 1. The number of halogens is 1. The quantitative estimate of drug-likeness (QED) is 0.662. The predicted molar refractivity (Wildman–Crippen MR) is 112 cm³/mol. The first-order chi connectivity index (χ1) is 13.6. The number of piperazine rings is 1. The smallest absolute Gasteiger partial charge is 0.244 e. The molecule has 0 spiro atoms. The van der Waals surface area contributed by atoms with Gasteiger partial charge in [-0.25, -0.2) is 8.42 Å². The van der Waals surface area contributed by atoms with Crippen molar-refractivity contribution in [2.75, 3.05) is 26.7 Å². The van der Waals surface area contributed by atoms with Crippen molar-refractivity contribution in [3.63, 3.8) is 0 Å². The van der Waals surface area contributed by atoms with Gasteiger partial charge < -0.3 is 14.6 Å². The van der Waals surface area contributed by atoms with Crippen LogP contribution in [0.15, 0.2) is 70.2 Å². The van der Waals surface area contributed by atoms with Crippen LogP contribution in [-0.4, -0.2) is 44.6 Å². The Morgan fingerprint density at radius 1 is 1.14 bits per heavy atom. The SMILES string of the molecule is COc1ccccc1C1CNCCN1S(=O)(=O)c1ccccc1-c1ccno1.Cl. The molecular formula is C20H22ClN3O4S. The third-order valence-corrected chi connectivity index (χ3v) is 6.84. The van der Waals surface area contributed by atoms with Crippen molar-refractivity contribution in [3.05, 3.63) is 66.4 Å². The van der Waals surface area contributed by atoms with E-state index in [2.05, 4.69) is 10.5 Å². The van der Waals surface area contributed by atoms with E-state index in [-0.39, 0.29) is 23.3 Å². The first kappa shape index (κ1) is 21.3. The van der Waals surface area contributed by atoms with Crippen LogP contribution in [-0.2, 0) is 10.0 Å². The number of benzene rings is 2. The minimum atomic E-state index is -3.79. The van der Waals surface area contributed by atoms with Crippen LogP contribution < -0.4 is 10.1 Å². The van der Waals surface area contributed by atoms with Crippen LogP contribution in [0.4, 0.5) is 0 Å². The Bertz CT molecular complexity index is 1060. The van der Waals surface area contributed by atoms with E-state index in [1.54, 1.807) is 37.4 Å². The molecule has 0 saturated carbocycles. The summed E-state index contributed by atoms with van der Waals surface area (Å²) in [5.41, 5.74) is 1.33. The first-order valence-electron chi connectivity index (χ1n) is 8.98. The molecule has 1 fully saturated rings. The number of nitrogens with one attached hydrogen (secondary N) is 1.